The van der Waals surface area contributed by atoms with E-state index in [4.69, 9.17) is 15.3 Å². The molecule has 3 rings (SSSR count). The molecule has 238 valence electrons. The first-order chi connectivity index (χ1) is 21.0. The fourth-order valence-electron chi connectivity index (χ4n) is 4.33. The molecule has 0 radical (unpaired) electrons. The first-order valence-corrected chi connectivity index (χ1v) is 14.7. The first kappa shape index (κ1) is 36.1. The van der Waals surface area contributed by atoms with Gasteiger partial charge in [-0.1, -0.05) is 92.2 Å². The number of carbonyl (C=O) groups excluding carboxylic acids is 4. The van der Waals surface area contributed by atoms with Crippen LogP contribution in [0.25, 0.3) is 10.8 Å². The molecule has 2 N–H and O–H groups in total. The fraction of sp³-hybridized carbons (Fsp3) is 0.412. The lowest BCUT2D eigenvalue weighted by molar-refractivity contribution is -0.218. The molecule has 2 amide bonds. The zero-order chi connectivity index (χ0) is 32.5. The normalized spacial score (nSPS) is 12.4. The van der Waals surface area contributed by atoms with Crippen molar-refractivity contribution in [2.45, 2.75) is 52.5 Å². The largest absolute Gasteiger partial charge is 0.443 e. The summed E-state index contributed by atoms with van der Waals surface area (Å²) < 4.78 is 5.63. The smallest absolute Gasteiger partial charge is 0.435 e. The number of ether oxygens (including phenoxy) is 1. The van der Waals surface area contributed by atoms with E-state index >= 15 is 0 Å². The van der Waals surface area contributed by atoms with Crippen LogP contribution in [0, 0.1) is 12.8 Å². The highest BCUT2D eigenvalue weighted by Gasteiger charge is 2.33. The van der Waals surface area contributed by atoms with E-state index in [0.29, 0.717) is 25.0 Å². The number of aryl methyl sites for hydroxylation is 1. The standard InChI is InChI=1S/C27H38N4O6.C7H8/c1-20(2)12-13-29(3)17-26(30(4)14-15-32)31(37-23(18-33)16-25(28)34)27(35)36-19-22-10-7-9-21-8-5-6-11-24(21)22;1-7-5-3-2-4-6-7/h5-11,15,18,20,23,26H,12-14,16-17,19H2,1-4H3,(H2,28,34);2-6H,1H3. The van der Waals surface area contributed by atoms with Crippen molar-refractivity contribution in [2.24, 2.45) is 11.7 Å². The molecule has 3 aromatic carbocycles. The van der Waals surface area contributed by atoms with Crippen LogP contribution in [0.3, 0.4) is 0 Å². The molecule has 0 aliphatic rings. The van der Waals surface area contributed by atoms with Gasteiger partial charge in [0.15, 0.2) is 6.29 Å². The molecule has 0 fully saturated rings. The number of amides is 2. The van der Waals surface area contributed by atoms with Gasteiger partial charge in [0.2, 0.25) is 5.91 Å². The second kappa shape index (κ2) is 19.2. The van der Waals surface area contributed by atoms with Gasteiger partial charge in [0.1, 0.15) is 25.2 Å². The number of nitrogens with two attached hydrogens (primary N) is 1. The van der Waals surface area contributed by atoms with Crippen molar-refractivity contribution in [3.63, 3.8) is 0 Å². The van der Waals surface area contributed by atoms with Crippen LogP contribution in [-0.4, -0.2) is 85.4 Å². The van der Waals surface area contributed by atoms with E-state index in [0.717, 1.165) is 34.4 Å². The second-order valence-electron chi connectivity index (χ2n) is 11.2. The van der Waals surface area contributed by atoms with E-state index in [1.54, 1.807) is 11.9 Å². The Kier molecular flexibility index (Phi) is 15.8. The van der Waals surface area contributed by atoms with Crippen molar-refractivity contribution in [1.29, 1.82) is 0 Å². The molecular formula is C34H46N4O6. The van der Waals surface area contributed by atoms with Gasteiger partial charge in [-0.25, -0.2) is 4.79 Å². The molecule has 0 saturated heterocycles. The maximum absolute atomic E-state index is 13.4. The number of rotatable bonds is 16. The Morgan fingerprint density at radius 3 is 2.18 bits per heavy atom. The molecule has 0 saturated carbocycles. The minimum atomic E-state index is -1.30. The number of aldehydes is 2. The summed E-state index contributed by atoms with van der Waals surface area (Å²) >= 11 is 0. The first-order valence-electron chi connectivity index (χ1n) is 14.7. The van der Waals surface area contributed by atoms with Gasteiger partial charge in [-0.3, -0.25) is 14.5 Å². The molecular weight excluding hydrogens is 560 g/mol. The molecule has 2 unspecified atom stereocenters. The Hall–Kier alpha value is -4.12. The lowest BCUT2D eigenvalue weighted by Gasteiger charge is -2.38. The van der Waals surface area contributed by atoms with Gasteiger partial charge in [-0.2, -0.15) is 5.06 Å². The second-order valence-corrected chi connectivity index (χ2v) is 11.2. The molecule has 2 atom stereocenters. The van der Waals surface area contributed by atoms with Crippen molar-refractivity contribution >= 4 is 35.3 Å². The number of primary amides is 1. The topological polar surface area (TPSA) is 122 Å². The number of benzene rings is 3. The van der Waals surface area contributed by atoms with Crippen LogP contribution < -0.4 is 5.73 Å². The molecule has 44 heavy (non-hydrogen) atoms. The van der Waals surface area contributed by atoms with E-state index < -0.39 is 30.7 Å². The summed E-state index contributed by atoms with van der Waals surface area (Å²) in [6, 6.07) is 23.7. The average Bonchev–Trinajstić information content (AvgIpc) is 3.00. The summed E-state index contributed by atoms with van der Waals surface area (Å²) in [4.78, 5) is 57.2. The molecule has 0 bridgehead atoms. The highest BCUT2D eigenvalue weighted by atomic mass is 16.7. The van der Waals surface area contributed by atoms with Gasteiger partial charge in [-0.05, 0) is 56.2 Å². The quantitative estimate of drug-likeness (QED) is 0.143. The summed E-state index contributed by atoms with van der Waals surface area (Å²) in [5.41, 5.74) is 7.38. The predicted octanol–water partition coefficient (Wildman–Crippen LogP) is 4.58. The van der Waals surface area contributed by atoms with E-state index in [9.17, 15) is 19.2 Å². The number of fused-ring (bicyclic) bond motifs is 1. The van der Waals surface area contributed by atoms with E-state index in [1.165, 1.54) is 5.56 Å². The molecule has 0 aliphatic heterocycles. The van der Waals surface area contributed by atoms with Crippen LogP contribution in [0.1, 0.15) is 37.8 Å². The number of carbonyl (C=O) groups is 4. The summed E-state index contributed by atoms with van der Waals surface area (Å²) in [5.74, 6) is -0.283. The number of nitrogens with zero attached hydrogens (tertiary/aromatic N) is 3. The van der Waals surface area contributed by atoms with Crippen molar-refractivity contribution in [1.82, 2.24) is 14.9 Å². The third-order valence-electron chi connectivity index (χ3n) is 6.86. The molecule has 3 aromatic rings. The van der Waals surface area contributed by atoms with Crippen LogP contribution in [0.5, 0.6) is 0 Å². The lowest BCUT2D eigenvalue weighted by atomic mass is 10.1. The maximum atomic E-state index is 13.4. The van der Waals surface area contributed by atoms with Crippen LogP contribution >= 0.6 is 0 Å². The van der Waals surface area contributed by atoms with Gasteiger partial charge in [0, 0.05) is 6.54 Å². The monoisotopic (exact) mass is 606 g/mol. The molecule has 0 spiro atoms. The van der Waals surface area contributed by atoms with Crippen LogP contribution in [-0.2, 0) is 30.6 Å². The Morgan fingerprint density at radius 2 is 1.59 bits per heavy atom. The van der Waals surface area contributed by atoms with Gasteiger partial charge in [0.25, 0.3) is 0 Å². The third-order valence-corrected chi connectivity index (χ3v) is 6.86. The average molecular weight is 607 g/mol. The van der Waals surface area contributed by atoms with E-state index in [-0.39, 0.29) is 13.2 Å². The van der Waals surface area contributed by atoms with E-state index in [2.05, 4.69) is 32.9 Å². The highest BCUT2D eigenvalue weighted by Crippen LogP contribution is 2.20. The minimum absolute atomic E-state index is 0.000720. The van der Waals surface area contributed by atoms with Crippen molar-refractivity contribution in [2.75, 3.05) is 33.7 Å². The third kappa shape index (κ3) is 12.6. The molecule has 0 heterocycles. The van der Waals surface area contributed by atoms with Crippen molar-refractivity contribution in [3.05, 3.63) is 83.9 Å². The Morgan fingerprint density at radius 1 is 0.932 bits per heavy atom. The van der Waals surface area contributed by atoms with Gasteiger partial charge in [0.05, 0.1) is 13.0 Å². The van der Waals surface area contributed by atoms with Gasteiger partial charge < -0.3 is 25.0 Å². The molecule has 10 nitrogen and oxygen atoms in total. The Bertz CT molecular complexity index is 1310. The number of hydrogen-bond donors (Lipinski definition) is 1. The number of hydroxylamine groups is 2. The zero-order valence-electron chi connectivity index (χ0n) is 26.4. The number of likely N-dealkylation sites (N-methyl/N-ethyl adjacent to an activating group) is 2. The Balaban J connectivity index is 0.000000843. The highest BCUT2D eigenvalue weighted by molar-refractivity contribution is 5.85. The van der Waals surface area contributed by atoms with Gasteiger partial charge >= 0.3 is 6.09 Å². The molecule has 10 heteroatoms. The fourth-order valence-corrected chi connectivity index (χ4v) is 4.33. The SMILES string of the molecule is CC(C)CCN(C)CC(N(C)CC=O)N(OC(C=O)CC(N)=O)C(=O)OCc1cccc2ccccc12.Cc1ccccc1. The number of hydrogen-bond acceptors (Lipinski definition) is 8. The van der Waals surface area contributed by atoms with Gasteiger partial charge in [-0.15, -0.1) is 0 Å². The summed E-state index contributed by atoms with van der Waals surface area (Å²) in [7, 11) is 3.55. The molecule has 0 aromatic heterocycles. The molecule has 0 aliphatic carbocycles. The lowest BCUT2D eigenvalue weighted by Crippen LogP contribution is -2.56. The Labute approximate surface area is 260 Å². The zero-order valence-corrected chi connectivity index (χ0v) is 26.4. The van der Waals surface area contributed by atoms with Crippen molar-refractivity contribution in [3.8, 4) is 0 Å². The summed E-state index contributed by atoms with van der Waals surface area (Å²) in [6.07, 6.45) is -1.32. The predicted molar refractivity (Wildman–Crippen MR) is 171 cm³/mol. The minimum Gasteiger partial charge on any atom is -0.443 e. The van der Waals surface area contributed by atoms with Crippen LogP contribution in [0.2, 0.25) is 0 Å². The van der Waals surface area contributed by atoms with Crippen molar-refractivity contribution < 1.29 is 28.8 Å². The van der Waals surface area contributed by atoms with E-state index in [1.807, 2.05) is 72.6 Å². The van der Waals surface area contributed by atoms with Crippen LogP contribution in [0.15, 0.2) is 72.8 Å². The summed E-state index contributed by atoms with van der Waals surface area (Å²) in [6.45, 7) is 7.30. The summed E-state index contributed by atoms with van der Waals surface area (Å²) in [5, 5.41) is 2.87. The maximum Gasteiger partial charge on any atom is 0.435 e. The van der Waals surface area contributed by atoms with Crippen LogP contribution in [0.4, 0.5) is 4.79 Å².